The first-order valence-corrected chi connectivity index (χ1v) is 12.6. The molecule has 0 aromatic carbocycles. The van der Waals surface area contributed by atoms with Crippen LogP contribution in [-0.4, -0.2) is 34.5 Å². The molecule has 30 heavy (non-hydrogen) atoms. The van der Waals surface area contributed by atoms with E-state index in [-0.39, 0.29) is 46.9 Å². The van der Waals surface area contributed by atoms with Gasteiger partial charge in [-0.25, -0.2) is 0 Å². The van der Waals surface area contributed by atoms with Crippen LogP contribution < -0.4 is 0 Å². The molecule has 5 nitrogen and oxygen atoms in total. The first kappa shape index (κ1) is 49.3. The van der Waals surface area contributed by atoms with Gasteiger partial charge < -0.3 is 0 Å². The molecule has 0 atom stereocenters. The van der Waals surface area contributed by atoms with Crippen molar-refractivity contribution in [1.29, 1.82) is 0 Å². The Kier molecular flexibility index (Phi) is 54.7. The minimum absolute atomic E-state index is 0. The van der Waals surface area contributed by atoms with E-state index >= 15 is 0 Å². The van der Waals surface area contributed by atoms with Gasteiger partial charge in [0.1, 0.15) is 0 Å². The summed E-state index contributed by atoms with van der Waals surface area (Å²) >= 11 is 0. The van der Waals surface area contributed by atoms with Gasteiger partial charge in [-0.1, -0.05) is 0 Å². The van der Waals surface area contributed by atoms with Gasteiger partial charge in [0, 0.05) is 33.6 Å². The zero-order valence-electron chi connectivity index (χ0n) is 14.4. The molecule has 0 unspecified atom stereocenters. The fraction of sp³-hybridized carbons (Fsp3) is 0.600. The van der Waals surface area contributed by atoms with E-state index in [1.165, 1.54) is 0 Å². The van der Waals surface area contributed by atoms with Crippen molar-refractivity contribution in [2.45, 2.75) is 0 Å². The second-order valence-electron chi connectivity index (χ2n) is 3.12. The van der Waals surface area contributed by atoms with Crippen LogP contribution in [0.4, 0.5) is 50.4 Å². The molecule has 0 amide bonds. The largest absolute Gasteiger partial charge is 0 e. The van der Waals surface area contributed by atoms with Crippen LogP contribution in [0.3, 0.4) is 0 Å². The molecule has 0 aliphatic rings. The van der Waals surface area contributed by atoms with E-state index in [4.69, 9.17) is 9.30 Å². The van der Waals surface area contributed by atoms with E-state index in [0.29, 0.717) is 0 Å². The third-order valence-electron chi connectivity index (χ3n) is 1.52. The van der Waals surface area contributed by atoms with Crippen LogP contribution in [0.1, 0.15) is 0 Å². The van der Waals surface area contributed by atoms with Gasteiger partial charge in [-0.15, -0.1) is 0 Å². The molecule has 2 radical (unpaired) electrons. The van der Waals surface area contributed by atoms with Crippen molar-refractivity contribution in [3.8, 4) is 0 Å². The number of nitrogens with zero attached hydrogens (tertiary/aromatic N) is 3. The Morgan fingerprint density at radius 1 is 0.400 bits per heavy atom. The maximum absolute atomic E-state index is 11.3. The van der Waals surface area contributed by atoms with E-state index in [9.17, 15) is 50.4 Å². The van der Waals surface area contributed by atoms with Crippen LogP contribution in [-0.2, 0) is 42.9 Å². The van der Waals surface area contributed by atoms with Gasteiger partial charge in [0.25, 0.3) is 0 Å². The molecule has 0 saturated heterocycles. The molecule has 0 N–H and O–H groups in total. The van der Waals surface area contributed by atoms with Gasteiger partial charge >= 0.3 is 74.8 Å². The van der Waals surface area contributed by atoms with Crippen LogP contribution in [0.2, 0.25) is 0 Å². The standard InChI is InChI=1S/3CH3F4NP2.2CO.2Co/c3*1-6(7(2)3)8(4)5;2*1-2;;/h3*1H3;;;;/p+6. The van der Waals surface area contributed by atoms with Crippen molar-refractivity contribution in [2.24, 2.45) is 0 Å². The quantitative estimate of drug-likeness (QED) is 0.124. The van der Waals surface area contributed by atoms with Gasteiger partial charge in [-0.2, -0.15) is 0 Å². The van der Waals surface area contributed by atoms with Gasteiger partial charge in [0.05, 0.1) is 34.5 Å². The average Bonchev–Trinajstić information content (AvgIpc) is 2.63. The second-order valence-corrected chi connectivity index (χ2v) is 11.4. The molecule has 25 heteroatoms. The Labute approximate surface area is 193 Å². The Hall–Kier alpha value is 2.11. The topological polar surface area (TPSA) is 49.5 Å². The molecule has 0 bridgehead atoms. The van der Waals surface area contributed by atoms with Crippen molar-refractivity contribution in [1.82, 2.24) is 13.3 Å². The van der Waals surface area contributed by atoms with Crippen LogP contribution >= 0.6 is 52.2 Å². The van der Waals surface area contributed by atoms with E-state index in [0.717, 1.165) is 21.1 Å². The number of hydrogen-bond acceptors (Lipinski definition) is 3. The van der Waals surface area contributed by atoms with Crippen molar-refractivity contribution < 1.29 is 93.2 Å². The fourth-order valence-corrected chi connectivity index (χ4v) is 1.72. The van der Waals surface area contributed by atoms with Crippen LogP contribution in [0.5, 0.6) is 0 Å². The molecule has 188 valence electrons. The predicted octanol–water partition coefficient (Wildman–Crippen LogP) is 8.06. The zero-order valence-corrected chi connectivity index (χ0v) is 22.4. The molecular weight excluding hydrogens is 666 g/mol. The Balaban J connectivity index is -0.0000000472. The second kappa shape index (κ2) is 33.3. The van der Waals surface area contributed by atoms with E-state index in [1.54, 1.807) is 0 Å². The Morgan fingerprint density at radius 2 is 0.467 bits per heavy atom. The first-order valence-electron chi connectivity index (χ1n) is 5.36. The summed E-state index contributed by atoms with van der Waals surface area (Å²) in [5.41, 5.74) is 0. The van der Waals surface area contributed by atoms with Gasteiger partial charge in [-0.3, -0.25) is 0 Å². The van der Waals surface area contributed by atoms with Crippen molar-refractivity contribution in [3.63, 3.8) is 0 Å². The molecule has 0 rings (SSSR count). The van der Waals surface area contributed by atoms with E-state index < -0.39 is 52.2 Å². The van der Waals surface area contributed by atoms with Crippen molar-refractivity contribution in [2.75, 3.05) is 21.1 Å². The number of hydrogen-bond donors (Lipinski definition) is 0. The van der Waals surface area contributed by atoms with Gasteiger partial charge in [-0.05, 0) is 50.4 Å². The molecule has 0 aromatic rings. The zero-order chi connectivity index (χ0) is 24.2. The molecule has 0 heterocycles. The molecule has 0 saturated carbocycles. The molecule has 0 aromatic heterocycles. The maximum Gasteiger partial charge on any atom is 0 e. The summed E-state index contributed by atoms with van der Waals surface area (Å²) in [5, 5.41) is 0. The van der Waals surface area contributed by atoms with E-state index in [2.05, 4.69) is 13.3 Å². The summed E-state index contributed by atoms with van der Waals surface area (Å²) in [7, 11) is -21.1. The Bertz CT molecular complexity index is 307. The summed E-state index contributed by atoms with van der Waals surface area (Å²) in [4.78, 5) is 0. The smallest absolute Gasteiger partial charge is 0 e. The normalized spacial score (nSPS) is 9.73. The predicted molar refractivity (Wildman–Crippen MR) is 94.3 cm³/mol. The molecule has 0 aliphatic heterocycles. The van der Waals surface area contributed by atoms with Crippen LogP contribution in [0, 0.1) is 13.3 Å². The summed E-state index contributed by atoms with van der Waals surface area (Å²) in [5.74, 6) is 0. The summed E-state index contributed by atoms with van der Waals surface area (Å²) in [6.07, 6.45) is 0. The molecular formula is C5H15Co2F12N3O2P6+6. The third-order valence-corrected chi connectivity index (χ3v) is 7.61. The van der Waals surface area contributed by atoms with Crippen LogP contribution in [0.25, 0.3) is 0 Å². The first-order chi connectivity index (χ1) is 12.7. The van der Waals surface area contributed by atoms with Crippen LogP contribution in [0.15, 0.2) is 0 Å². The van der Waals surface area contributed by atoms with Crippen molar-refractivity contribution >= 4 is 52.2 Å². The third kappa shape index (κ3) is 37.4. The molecule has 0 spiro atoms. The number of rotatable bonds is 6. The maximum atomic E-state index is 11.3. The molecule has 0 aliphatic carbocycles. The van der Waals surface area contributed by atoms with Gasteiger partial charge in [0.15, 0.2) is 0 Å². The monoisotopic (exact) mass is 681 g/mol. The minimum atomic E-state index is -3.88. The SMILES string of the molecule is CN([PH+](F)F)[PH+](F)F.CN([PH+](F)F)[PH+](F)F.CN([PH+](F)F)[PH+](F)F.[C-]#[O+].[C-]#[O+].[Co].[Co]. The summed E-state index contributed by atoms with van der Waals surface area (Å²) in [6, 6.07) is 0. The van der Waals surface area contributed by atoms with Gasteiger partial charge in [0.2, 0.25) is 0 Å². The molecule has 0 fully saturated rings. The Morgan fingerprint density at radius 3 is 0.467 bits per heavy atom. The average molecular weight is 681 g/mol. The number of halogens is 12. The van der Waals surface area contributed by atoms with Crippen molar-refractivity contribution in [3.05, 3.63) is 13.3 Å². The summed E-state index contributed by atoms with van der Waals surface area (Å²) in [6.45, 7) is 9.00. The minimum Gasteiger partial charge on any atom is 0 e. The van der Waals surface area contributed by atoms with E-state index in [1.807, 2.05) is 0 Å². The fourth-order valence-electron chi connectivity index (χ4n) is 0.192. The summed E-state index contributed by atoms with van der Waals surface area (Å²) < 4.78 is 150.